The van der Waals surface area contributed by atoms with Gasteiger partial charge < -0.3 is 31.1 Å². The van der Waals surface area contributed by atoms with Crippen molar-refractivity contribution in [1.82, 2.24) is 25.8 Å². The summed E-state index contributed by atoms with van der Waals surface area (Å²) in [6.45, 7) is 5.10. The van der Waals surface area contributed by atoms with Gasteiger partial charge >= 0.3 is 5.96 Å². The largest absolute Gasteiger partial charge is 0.492 e. The van der Waals surface area contributed by atoms with Crippen molar-refractivity contribution in [3.63, 3.8) is 0 Å². The maximum atomic E-state index is 13.5. The predicted molar refractivity (Wildman–Crippen MR) is 145 cm³/mol. The summed E-state index contributed by atoms with van der Waals surface area (Å²) in [5.74, 6) is 0.308. The molecular weight excluding hydrogens is 514 g/mol. The number of nitrogens with zero attached hydrogens (tertiary/aromatic N) is 3. The van der Waals surface area contributed by atoms with E-state index < -0.39 is 29.9 Å². The van der Waals surface area contributed by atoms with E-state index in [1.54, 1.807) is 29.3 Å². The van der Waals surface area contributed by atoms with Crippen LogP contribution in [0.4, 0.5) is 0 Å². The summed E-state index contributed by atoms with van der Waals surface area (Å²) in [5.41, 5.74) is 13.1. The molecule has 1 spiro atoms. The molecule has 13 nitrogen and oxygen atoms in total. The summed E-state index contributed by atoms with van der Waals surface area (Å²) in [5, 5.41) is 20.7. The van der Waals surface area contributed by atoms with Gasteiger partial charge in [-0.3, -0.25) is 25.3 Å². The van der Waals surface area contributed by atoms with Crippen LogP contribution in [0.2, 0.25) is 0 Å². The molecule has 2 aromatic rings. The quantitative estimate of drug-likeness (QED) is 0.205. The first kappa shape index (κ1) is 25.9. The monoisotopic (exact) mass is 548 g/mol. The molecule has 40 heavy (non-hydrogen) atoms. The number of aromatic nitrogens is 1. The van der Waals surface area contributed by atoms with Crippen molar-refractivity contribution in [3.05, 3.63) is 59.4 Å². The normalized spacial score (nSPS) is 29.5. The van der Waals surface area contributed by atoms with Crippen LogP contribution in [0.3, 0.4) is 0 Å². The van der Waals surface area contributed by atoms with Gasteiger partial charge in [-0.2, -0.15) is 0 Å². The Morgan fingerprint density at radius 2 is 2.08 bits per heavy atom. The molecule has 13 heteroatoms. The van der Waals surface area contributed by atoms with Gasteiger partial charge in [0, 0.05) is 31.0 Å². The maximum Gasteiger partial charge on any atom is 0.343 e. The lowest BCUT2D eigenvalue weighted by molar-refractivity contribution is -0.513. The van der Waals surface area contributed by atoms with Crippen LogP contribution in [0.25, 0.3) is 0 Å². The molecule has 0 saturated carbocycles. The van der Waals surface area contributed by atoms with Crippen LogP contribution < -0.4 is 37.1 Å². The van der Waals surface area contributed by atoms with Crippen molar-refractivity contribution in [2.45, 2.75) is 55.6 Å². The Balaban J connectivity index is 1.23. The highest BCUT2D eigenvalue weighted by molar-refractivity contribution is 5.98. The number of fused-ring (bicyclic) bond motifs is 1. The highest BCUT2D eigenvalue weighted by atomic mass is 16.5. The fourth-order valence-corrected chi connectivity index (χ4v) is 6.28. The molecule has 1 fully saturated rings. The van der Waals surface area contributed by atoms with Crippen molar-refractivity contribution >= 4 is 23.7 Å². The Morgan fingerprint density at radius 1 is 1.25 bits per heavy atom. The van der Waals surface area contributed by atoms with Crippen LogP contribution >= 0.6 is 0 Å². The number of hydrogen-bond donors (Lipinski definition) is 7. The molecule has 4 aliphatic heterocycles. The number of aliphatic hydroxyl groups is 1. The Morgan fingerprint density at radius 3 is 2.85 bits per heavy atom. The molecule has 0 radical (unpaired) electrons. The number of carbonyl (C=O) groups is 2. The Bertz CT molecular complexity index is 1410. The molecule has 5 atom stereocenters. The number of aliphatic imine (C=N–C) groups is 1. The molecule has 210 valence electrons. The number of carbonyl (C=O) groups excluding carboxylic acids is 2. The summed E-state index contributed by atoms with van der Waals surface area (Å²) in [7, 11) is 0. The second-order valence-corrected chi connectivity index (χ2v) is 11.3. The summed E-state index contributed by atoms with van der Waals surface area (Å²) >= 11 is 0. The van der Waals surface area contributed by atoms with E-state index in [0.29, 0.717) is 23.5 Å². The number of nitrogens with one attached hydrogen (secondary N) is 4. The minimum Gasteiger partial charge on any atom is -0.492 e. The van der Waals surface area contributed by atoms with Crippen LogP contribution in [-0.2, 0) is 5.41 Å². The van der Waals surface area contributed by atoms with Gasteiger partial charge in [0.15, 0.2) is 12.0 Å². The van der Waals surface area contributed by atoms with Gasteiger partial charge in [-0.15, -0.1) is 0 Å². The maximum absolute atomic E-state index is 13.5. The highest BCUT2D eigenvalue weighted by Gasteiger charge is 2.68. The van der Waals surface area contributed by atoms with E-state index >= 15 is 0 Å². The van der Waals surface area contributed by atoms with Gasteiger partial charge in [-0.1, -0.05) is 26.0 Å². The first-order valence-electron chi connectivity index (χ1n) is 13.3. The molecule has 6 rings (SSSR count). The van der Waals surface area contributed by atoms with Gasteiger partial charge in [0.2, 0.25) is 5.66 Å². The molecular formula is C27H34N9O4+. The highest BCUT2D eigenvalue weighted by Crippen LogP contribution is 2.41. The zero-order valence-corrected chi connectivity index (χ0v) is 22.3. The van der Waals surface area contributed by atoms with Gasteiger partial charge in [-0.05, 0) is 30.0 Å². The Labute approximate surface area is 231 Å². The number of benzene rings is 1. The van der Waals surface area contributed by atoms with Crippen LogP contribution in [0.15, 0.2) is 47.7 Å². The van der Waals surface area contributed by atoms with Crippen molar-refractivity contribution in [1.29, 1.82) is 0 Å². The van der Waals surface area contributed by atoms with E-state index in [1.165, 1.54) is 6.20 Å². The number of hydrogen-bond acceptors (Lipinski definition) is 10. The predicted octanol–water partition coefficient (Wildman–Crippen LogP) is -2.89. The summed E-state index contributed by atoms with van der Waals surface area (Å²) in [6, 6.07) is 7.07. The third-order valence-electron chi connectivity index (χ3n) is 8.41. The molecule has 2 unspecified atom stereocenters. The SMILES string of the molecule is CC1(C)CCOc2c(C(=O)N[C@@H]3CN4C(N)=N[C@@H](CNC(=O)c5cccnc5)C5[NH+]=C(N)NC54[C@@H]3O)cccc21. The molecule has 1 saturated heterocycles. The zero-order chi connectivity index (χ0) is 28.2. The molecule has 2 amide bonds. The minimum absolute atomic E-state index is 0.122. The van der Waals surface area contributed by atoms with E-state index in [2.05, 4.69) is 44.8 Å². The number of aliphatic hydroxyl groups excluding tert-OH is 1. The van der Waals surface area contributed by atoms with Gasteiger partial charge in [-0.25, -0.2) is 10.3 Å². The molecule has 5 heterocycles. The van der Waals surface area contributed by atoms with Crippen molar-refractivity contribution in [2.75, 3.05) is 19.7 Å². The van der Waals surface area contributed by atoms with Crippen molar-refractivity contribution in [2.24, 2.45) is 16.5 Å². The third kappa shape index (κ3) is 3.99. The molecule has 1 aromatic carbocycles. The van der Waals surface area contributed by atoms with Crippen LogP contribution in [0, 0.1) is 0 Å². The number of amides is 2. The molecule has 9 N–H and O–H groups in total. The Kier molecular flexibility index (Phi) is 6.06. The minimum atomic E-state index is -1.19. The smallest absolute Gasteiger partial charge is 0.343 e. The van der Waals surface area contributed by atoms with E-state index in [9.17, 15) is 14.7 Å². The first-order valence-corrected chi connectivity index (χ1v) is 13.3. The third-order valence-corrected chi connectivity index (χ3v) is 8.41. The van der Waals surface area contributed by atoms with Gasteiger partial charge in [0.25, 0.3) is 11.8 Å². The number of rotatable bonds is 5. The molecule has 4 aliphatic rings. The van der Waals surface area contributed by atoms with Gasteiger partial charge in [0.1, 0.15) is 17.9 Å². The number of para-hydroxylation sites is 1. The van der Waals surface area contributed by atoms with Crippen LogP contribution in [0.5, 0.6) is 5.75 Å². The van der Waals surface area contributed by atoms with Gasteiger partial charge in [0.05, 0.1) is 23.8 Å². The molecule has 1 aromatic heterocycles. The first-order chi connectivity index (χ1) is 19.1. The van der Waals surface area contributed by atoms with E-state index in [1.807, 2.05) is 12.1 Å². The molecule has 0 aliphatic carbocycles. The van der Waals surface area contributed by atoms with Crippen molar-refractivity contribution in [3.8, 4) is 5.75 Å². The average molecular weight is 549 g/mol. The lowest BCUT2D eigenvalue weighted by atomic mass is 9.79. The number of ether oxygens (including phenoxy) is 1. The zero-order valence-electron chi connectivity index (χ0n) is 22.3. The number of pyridine rings is 1. The second-order valence-electron chi connectivity index (χ2n) is 11.3. The number of nitrogens with two attached hydrogens (primary N) is 2. The average Bonchev–Trinajstić information content (AvgIpc) is 3.43. The van der Waals surface area contributed by atoms with E-state index in [0.717, 1.165) is 12.0 Å². The second kappa shape index (κ2) is 9.37. The fourth-order valence-electron chi connectivity index (χ4n) is 6.28. The summed E-state index contributed by atoms with van der Waals surface area (Å²) in [4.78, 5) is 39.7. The standard InChI is InChI=1S/C27H33N9O4/c1-26(2)8-10-40-19-15(6-3-7-16(19)26)23(39)32-18-13-36-25(29)33-17(12-31-22(38)14-5-4-9-30-11-14)20-27(36,21(18)37)35-24(28)34-20/h3-7,9,11,17-18,20-21,37H,8,10,12-13H2,1-2H3,(H2,29,33)(H,31,38)(H,32,39)(H3,28,34,35)/p+1/t17-,18+,20?,21+,27?/m0/s1. The topological polar surface area (TPSA) is 194 Å². The molecule has 0 bridgehead atoms. The van der Waals surface area contributed by atoms with Crippen LogP contribution in [-0.4, -0.2) is 88.3 Å². The number of guanidine groups is 2. The lowest BCUT2D eigenvalue weighted by Crippen LogP contribution is -2.88. The van der Waals surface area contributed by atoms with E-state index in [-0.39, 0.29) is 42.2 Å². The van der Waals surface area contributed by atoms with Crippen LogP contribution in [0.1, 0.15) is 46.5 Å². The van der Waals surface area contributed by atoms with Crippen molar-refractivity contribution < 1.29 is 24.4 Å². The van der Waals surface area contributed by atoms with E-state index in [4.69, 9.17) is 16.2 Å². The summed E-state index contributed by atoms with van der Waals surface area (Å²) in [6.07, 6.45) is 2.79. The lowest BCUT2D eigenvalue weighted by Gasteiger charge is -2.43. The fraction of sp³-hybridized carbons (Fsp3) is 0.444. The Hall–Kier alpha value is -4.39. The summed E-state index contributed by atoms with van der Waals surface area (Å²) < 4.78 is 5.94.